The summed E-state index contributed by atoms with van der Waals surface area (Å²) in [6.07, 6.45) is 2.53. The van der Waals surface area contributed by atoms with Crippen LogP contribution in [0.25, 0.3) is 0 Å². The van der Waals surface area contributed by atoms with E-state index in [4.69, 9.17) is 4.74 Å². The molecule has 1 fully saturated rings. The number of nitrogens with zero attached hydrogens (tertiary/aromatic N) is 1. The second-order valence-electron chi connectivity index (χ2n) is 5.28. The van der Waals surface area contributed by atoms with Gasteiger partial charge in [-0.3, -0.25) is 0 Å². The summed E-state index contributed by atoms with van der Waals surface area (Å²) < 4.78 is 6.64. The molecule has 1 heterocycles. The first kappa shape index (κ1) is 14.8. The van der Waals surface area contributed by atoms with Crippen LogP contribution in [0.1, 0.15) is 12.8 Å². The van der Waals surface area contributed by atoms with Gasteiger partial charge in [0.05, 0.1) is 6.61 Å². The lowest BCUT2D eigenvalue weighted by Crippen LogP contribution is -2.33. The van der Waals surface area contributed by atoms with Crippen LogP contribution in [0.15, 0.2) is 28.7 Å². The molecular weight excluding hydrogens is 304 g/mol. The van der Waals surface area contributed by atoms with Gasteiger partial charge in [0.1, 0.15) is 0 Å². The van der Waals surface area contributed by atoms with Gasteiger partial charge in [-0.05, 0) is 44.0 Å². The predicted molar refractivity (Wildman–Crippen MR) is 83.7 cm³/mol. The fraction of sp³-hybridized carbons (Fsp3) is 0.600. The Balaban J connectivity index is 1.64. The number of likely N-dealkylation sites (N-methyl/N-ethyl adjacent to an activating group) is 1. The number of halogens is 1. The minimum atomic E-state index is 0.713. The first-order valence-electron chi connectivity index (χ1n) is 7.00. The molecule has 0 amide bonds. The Morgan fingerprint density at radius 3 is 3.11 bits per heavy atom. The number of ether oxygens (including phenoxy) is 1. The third kappa shape index (κ3) is 5.51. The maximum atomic E-state index is 5.52. The molecule has 3 nitrogen and oxygen atoms in total. The lowest BCUT2D eigenvalue weighted by molar-refractivity contribution is 0.0425. The van der Waals surface area contributed by atoms with Crippen LogP contribution >= 0.6 is 15.9 Å². The second kappa shape index (κ2) is 7.88. The number of rotatable bonds is 6. The van der Waals surface area contributed by atoms with E-state index in [1.165, 1.54) is 18.5 Å². The van der Waals surface area contributed by atoms with Crippen molar-refractivity contribution in [1.29, 1.82) is 0 Å². The fourth-order valence-corrected chi connectivity index (χ4v) is 2.87. The van der Waals surface area contributed by atoms with E-state index in [1.54, 1.807) is 0 Å². The third-order valence-electron chi connectivity index (χ3n) is 3.47. The van der Waals surface area contributed by atoms with Gasteiger partial charge in [0.2, 0.25) is 0 Å². The smallest absolute Gasteiger partial charge is 0.0506 e. The Bertz CT molecular complexity index is 380. The molecule has 1 aliphatic rings. The van der Waals surface area contributed by atoms with Crippen molar-refractivity contribution in [2.24, 2.45) is 5.92 Å². The molecule has 1 atom stereocenters. The van der Waals surface area contributed by atoms with Gasteiger partial charge >= 0.3 is 0 Å². The van der Waals surface area contributed by atoms with Gasteiger partial charge in [-0.25, -0.2) is 0 Å². The van der Waals surface area contributed by atoms with E-state index in [0.717, 1.165) is 37.3 Å². The molecule has 0 aromatic heterocycles. The number of benzene rings is 1. The largest absolute Gasteiger partial charge is 0.384 e. The monoisotopic (exact) mass is 326 g/mol. The van der Waals surface area contributed by atoms with Gasteiger partial charge in [-0.2, -0.15) is 0 Å². The molecule has 0 saturated carbocycles. The number of anilines is 1. The minimum Gasteiger partial charge on any atom is -0.384 e. The molecule has 0 aliphatic carbocycles. The van der Waals surface area contributed by atoms with Crippen LogP contribution in [0.4, 0.5) is 5.69 Å². The highest BCUT2D eigenvalue weighted by atomic mass is 79.9. The lowest BCUT2D eigenvalue weighted by Gasteiger charge is -2.27. The van der Waals surface area contributed by atoms with Gasteiger partial charge in [-0.15, -0.1) is 0 Å². The quantitative estimate of drug-likeness (QED) is 0.868. The highest BCUT2D eigenvalue weighted by molar-refractivity contribution is 9.10. The van der Waals surface area contributed by atoms with Crippen molar-refractivity contribution in [2.75, 3.05) is 45.2 Å². The van der Waals surface area contributed by atoms with E-state index >= 15 is 0 Å². The van der Waals surface area contributed by atoms with Crippen LogP contribution in [-0.4, -0.2) is 44.8 Å². The van der Waals surface area contributed by atoms with Crippen molar-refractivity contribution in [3.8, 4) is 0 Å². The molecule has 19 heavy (non-hydrogen) atoms. The van der Waals surface area contributed by atoms with E-state index in [0.29, 0.717) is 5.92 Å². The van der Waals surface area contributed by atoms with E-state index in [9.17, 15) is 0 Å². The predicted octanol–water partition coefficient (Wildman–Crippen LogP) is 3.22. The van der Waals surface area contributed by atoms with Gasteiger partial charge in [-0.1, -0.05) is 22.0 Å². The lowest BCUT2D eigenvalue weighted by atomic mass is 10.0. The molecule has 2 rings (SSSR count). The molecule has 1 aromatic carbocycles. The standard InChI is InChI=1S/C15H23BrN2O/c1-18(11-13-4-3-9-19-12-13)8-7-17-15-6-2-5-14(16)10-15/h2,5-6,10,13,17H,3-4,7-9,11-12H2,1H3. The molecule has 0 spiro atoms. The number of hydrogen-bond acceptors (Lipinski definition) is 3. The molecule has 1 aromatic rings. The van der Waals surface area contributed by atoms with Crippen LogP contribution in [0, 0.1) is 5.92 Å². The Morgan fingerprint density at radius 2 is 2.37 bits per heavy atom. The van der Waals surface area contributed by atoms with Gasteiger partial charge in [0.15, 0.2) is 0 Å². The first-order chi connectivity index (χ1) is 9.24. The first-order valence-corrected chi connectivity index (χ1v) is 7.79. The zero-order chi connectivity index (χ0) is 13.5. The summed E-state index contributed by atoms with van der Waals surface area (Å²) in [6, 6.07) is 8.30. The van der Waals surface area contributed by atoms with E-state index in [1.807, 2.05) is 6.07 Å². The van der Waals surface area contributed by atoms with Crippen LogP contribution in [0.3, 0.4) is 0 Å². The minimum absolute atomic E-state index is 0.713. The summed E-state index contributed by atoms with van der Waals surface area (Å²) in [5, 5.41) is 3.45. The molecule has 106 valence electrons. The molecule has 0 radical (unpaired) electrons. The molecule has 1 unspecified atom stereocenters. The van der Waals surface area contributed by atoms with Crippen molar-refractivity contribution in [3.05, 3.63) is 28.7 Å². The summed E-state index contributed by atoms with van der Waals surface area (Å²) in [7, 11) is 2.19. The average molecular weight is 327 g/mol. The molecule has 0 bridgehead atoms. The Labute approximate surface area is 124 Å². The summed E-state index contributed by atoms with van der Waals surface area (Å²) in [6.45, 7) is 5.05. The molecule has 1 N–H and O–H groups in total. The Kier molecular flexibility index (Phi) is 6.14. The van der Waals surface area contributed by atoms with Crippen LogP contribution in [-0.2, 0) is 4.74 Å². The second-order valence-corrected chi connectivity index (χ2v) is 6.20. The molecule has 4 heteroatoms. The summed E-state index contributed by atoms with van der Waals surface area (Å²) in [4.78, 5) is 2.39. The van der Waals surface area contributed by atoms with Crippen LogP contribution in [0.5, 0.6) is 0 Å². The number of nitrogens with one attached hydrogen (secondary N) is 1. The van der Waals surface area contributed by atoms with Crippen molar-refractivity contribution < 1.29 is 4.74 Å². The Hall–Kier alpha value is -0.580. The fourth-order valence-electron chi connectivity index (χ4n) is 2.47. The molecule has 1 aliphatic heterocycles. The van der Waals surface area contributed by atoms with E-state index < -0.39 is 0 Å². The maximum absolute atomic E-state index is 5.52. The van der Waals surface area contributed by atoms with E-state index in [-0.39, 0.29) is 0 Å². The third-order valence-corrected chi connectivity index (χ3v) is 3.96. The van der Waals surface area contributed by atoms with Crippen molar-refractivity contribution in [3.63, 3.8) is 0 Å². The highest BCUT2D eigenvalue weighted by Crippen LogP contribution is 2.16. The van der Waals surface area contributed by atoms with Gasteiger partial charge in [0.25, 0.3) is 0 Å². The zero-order valence-corrected chi connectivity index (χ0v) is 13.2. The topological polar surface area (TPSA) is 24.5 Å². The maximum Gasteiger partial charge on any atom is 0.0506 e. The summed E-state index contributed by atoms with van der Waals surface area (Å²) in [5.74, 6) is 0.713. The van der Waals surface area contributed by atoms with Crippen LogP contribution < -0.4 is 5.32 Å². The van der Waals surface area contributed by atoms with Crippen molar-refractivity contribution in [2.45, 2.75) is 12.8 Å². The average Bonchev–Trinajstić information content (AvgIpc) is 2.40. The van der Waals surface area contributed by atoms with Gasteiger partial charge in [0, 0.05) is 36.4 Å². The zero-order valence-electron chi connectivity index (χ0n) is 11.6. The van der Waals surface area contributed by atoms with Crippen molar-refractivity contribution >= 4 is 21.6 Å². The van der Waals surface area contributed by atoms with Crippen LogP contribution in [0.2, 0.25) is 0 Å². The van der Waals surface area contributed by atoms with Crippen molar-refractivity contribution in [1.82, 2.24) is 4.90 Å². The summed E-state index contributed by atoms with van der Waals surface area (Å²) >= 11 is 3.48. The normalized spacial score (nSPS) is 19.6. The molecule has 1 saturated heterocycles. The highest BCUT2D eigenvalue weighted by Gasteiger charge is 2.15. The SMILES string of the molecule is CN(CCNc1cccc(Br)c1)CC1CCCOC1. The molecular formula is C15H23BrN2O. The van der Waals surface area contributed by atoms with E-state index in [2.05, 4.69) is 51.4 Å². The Morgan fingerprint density at radius 1 is 1.47 bits per heavy atom. The number of hydrogen-bond donors (Lipinski definition) is 1. The summed E-state index contributed by atoms with van der Waals surface area (Å²) in [5.41, 5.74) is 1.17. The van der Waals surface area contributed by atoms with Gasteiger partial charge < -0.3 is 15.0 Å².